The van der Waals surface area contributed by atoms with Crippen LogP contribution in [-0.4, -0.2) is 66.1 Å². The molecule has 36 heavy (non-hydrogen) atoms. The van der Waals surface area contributed by atoms with Crippen molar-refractivity contribution in [3.05, 3.63) is 64.4 Å². The minimum absolute atomic E-state index is 0.155. The lowest BCUT2D eigenvalue weighted by atomic mass is 10.00. The molecule has 3 aromatic rings. The van der Waals surface area contributed by atoms with E-state index < -0.39 is 41.3 Å². The van der Waals surface area contributed by atoms with Gasteiger partial charge in [-0.05, 0) is 42.5 Å². The van der Waals surface area contributed by atoms with E-state index in [9.17, 15) is 23.6 Å². The van der Waals surface area contributed by atoms with Crippen molar-refractivity contribution in [3.8, 4) is 11.4 Å². The Morgan fingerprint density at radius 2 is 1.92 bits per heavy atom. The number of ether oxygens (including phenoxy) is 1. The molecular weight excluding hydrogens is 473 g/mol. The number of H-pyrrole nitrogens is 1. The standard InChI is InChI=1S/C24H24FN5O6/c1-13(21(31)26-15-6-4-14(5-7-15)20-27-24(34)36-28-20)19-23(33)30(10-11-35-19)16-8-9-18(25)17(12-16)22(32)29(2)3/h4-9,12-13,19H,10-11H2,1-3H3,(H,26,31)(H,27,28,34). The Labute approximate surface area is 204 Å². The molecule has 2 atom stereocenters. The van der Waals surface area contributed by atoms with Crippen molar-refractivity contribution in [2.45, 2.75) is 13.0 Å². The van der Waals surface area contributed by atoms with Gasteiger partial charge in [0.25, 0.3) is 11.8 Å². The molecule has 0 radical (unpaired) electrons. The van der Waals surface area contributed by atoms with E-state index in [1.165, 1.54) is 36.0 Å². The number of hydrogen-bond donors (Lipinski definition) is 2. The lowest BCUT2D eigenvalue weighted by Gasteiger charge is -2.35. The summed E-state index contributed by atoms with van der Waals surface area (Å²) in [6.07, 6.45) is -1.07. The maximum atomic E-state index is 14.2. The maximum Gasteiger partial charge on any atom is 0.439 e. The number of aromatic amines is 1. The molecule has 11 nitrogen and oxygen atoms in total. The van der Waals surface area contributed by atoms with Gasteiger partial charge in [0.05, 0.1) is 18.1 Å². The summed E-state index contributed by atoms with van der Waals surface area (Å²) in [6.45, 7) is 1.92. The summed E-state index contributed by atoms with van der Waals surface area (Å²) in [5.41, 5.74) is 1.23. The van der Waals surface area contributed by atoms with E-state index in [2.05, 4.69) is 20.0 Å². The van der Waals surface area contributed by atoms with Gasteiger partial charge in [0.15, 0.2) is 5.82 Å². The third kappa shape index (κ3) is 5.03. The molecular formula is C24H24FN5O6. The number of anilines is 2. The molecule has 1 fully saturated rings. The van der Waals surface area contributed by atoms with Crippen molar-refractivity contribution in [1.29, 1.82) is 0 Å². The highest BCUT2D eigenvalue weighted by Crippen LogP contribution is 2.26. The third-order valence-electron chi connectivity index (χ3n) is 5.75. The monoisotopic (exact) mass is 497 g/mol. The van der Waals surface area contributed by atoms with Crippen LogP contribution in [0.1, 0.15) is 17.3 Å². The van der Waals surface area contributed by atoms with E-state index in [0.717, 1.165) is 6.07 Å². The summed E-state index contributed by atoms with van der Waals surface area (Å²) < 4.78 is 24.3. The Kier molecular flexibility index (Phi) is 6.97. The Bertz CT molecular complexity index is 1350. The molecule has 1 aromatic heterocycles. The van der Waals surface area contributed by atoms with E-state index >= 15 is 0 Å². The molecule has 0 aliphatic carbocycles. The molecule has 4 rings (SSSR count). The second kappa shape index (κ2) is 10.1. The van der Waals surface area contributed by atoms with Gasteiger partial charge in [-0.2, -0.15) is 0 Å². The van der Waals surface area contributed by atoms with Gasteiger partial charge < -0.3 is 19.9 Å². The van der Waals surface area contributed by atoms with Gasteiger partial charge in [0, 0.05) is 37.6 Å². The van der Waals surface area contributed by atoms with E-state index in [0.29, 0.717) is 16.9 Å². The van der Waals surface area contributed by atoms with Crippen molar-refractivity contribution in [2.75, 3.05) is 37.5 Å². The third-order valence-corrected chi connectivity index (χ3v) is 5.75. The zero-order valence-corrected chi connectivity index (χ0v) is 19.8. The van der Waals surface area contributed by atoms with Crippen LogP contribution < -0.4 is 16.0 Å². The Morgan fingerprint density at radius 1 is 1.19 bits per heavy atom. The van der Waals surface area contributed by atoms with Gasteiger partial charge >= 0.3 is 5.76 Å². The fraction of sp³-hybridized carbons (Fsp3) is 0.292. The first-order valence-electron chi connectivity index (χ1n) is 11.1. The SMILES string of the molecule is CC(C(=O)Nc1ccc(-c2noc(=O)[nH]2)cc1)C1OCCN(c2ccc(F)c(C(=O)N(C)C)c2)C1=O. The fourth-order valence-electron chi connectivity index (χ4n) is 3.77. The number of halogens is 1. The summed E-state index contributed by atoms with van der Waals surface area (Å²) in [4.78, 5) is 54.6. The number of hydrogen-bond acceptors (Lipinski definition) is 7. The van der Waals surface area contributed by atoms with Crippen molar-refractivity contribution >= 4 is 29.1 Å². The number of amides is 3. The molecule has 2 aromatic carbocycles. The van der Waals surface area contributed by atoms with E-state index in [1.54, 1.807) is 31.2 Å². The van der Waals surface area contributed by atoms with Crippen LogP contribution in [0.3, 0.4) is 0 Å². The summed E-state index contributed by atoms with van der Waals surface area (Å²) in [7, 11) is 3.01. The van der Waals surface area contributed by atoms with Crippen LogP contribution in [0, 0.1) is 11.7 Å². The number of nitrogens with one attached hydrogen (secondary N) is 2. The van der Waals surface area contributed by atoms with Gasteiger partial charge in [-0.15, -0.1) is 0 Å². The van der Waals surface area contributed by atoms with Crippen LogP contribution in [0.25, 0.3) is 11.4 Å². The average molecular weight is 497 g/mol. The van der Waals surface area contributed by atoms with Gasteiger partial charge in [-0.25, -0.2) is 9.18 Å². The molecule has 0 saturated carbocycles. The quantitative estimate of drug-likeness (QED) is 0.530. The highest BCUT2D eigenvalue weighted by molar-refractivity contribution is 6.03. The number of aromatic nitrogens is 2. The van der Waals surface area contributed by atoms with Crippen LogP contribution in [0.4, 0.5) is 15.8 Å². The largest absolute Gasteiger partial charge is 0.439 e. The second-order valence-electron chi connectivity index (χ2n) is 8.44. The van der Waals surface area contributed by atoms with Crippen molar-refractivity contribution in [1.82, 2.24) is 15.0 Å². The summed E-state index contributed by atoms with van der Waals surface area (Å²) in [5.74, 6) is -3.41. The first-order valence-corrected chi connectivity index (χ1v) is 11.1. The molecule has 0 bridgehead atoms. The predicted molar refractivity (Wildman–Crippen MR) is 127 cm³/mol. The lowest BCUT2D eigenvalue weighted by Crippen LogP contribution is -2.52. The van der Waals surface area contributed by atoms with Crippen LogP contribution in [0.15, 0.2) is 51.8 Å². The Balaban J connectivity index is 1.46. The summed E-state index contributed by atoms with van der Waals surface area (Å²) in [6, 6.07) is 10.4. The molecule has 3 amide bonds. The van der Waals surface area contributed by atoms with Crippen molar-refractivity contribution in [2.24, 2.45) is 5.92 Å². The van der Waals surface area contributed by atoms with Gasteiger partial charge in [-0.3, -0.25) is 23.9 Å². The molecule has 1 saturated heterocycles. The van der Waals surface area contributed by atoms with E-state index in [4.69, 9.17) is 4.74 Å². The zero-order valence-electron chi connectivity index (χ0n) is 19.8. The number of benzene rings is 2. The number of rotatable bonds is 6. The molecule has 188 valence electrons. The van der Waals surface area contributed by atoms with Crippen LogP contribution >= 0.6 is 0 Å². The summed E-state index contributed by atoms with van der Waals surface area (Å²) >= 11 is 0. The van der Waals surface area contributed by atoms with Gasteiger partial charge in [-0.1, -0.05) is 12.1 Å². The van der Waals surface area contributed by atoms with Gasteiger partial charge in [0.2, 0.25) is 5.91 Å². The first-order chi connectivity index (χ1) is 17.2. The number of carbonyl (C=O) groups is 3. The Morgan fingerprint density at radius 3 is 2.56 bits per heavy atom. The minimum Gasteiger partial charge on any atom is -0.366 e. The molecule has 0 spiro atoms. The second-order valence-corrected chi connectivity index (χ2v) is 8.44. The number of carbonyl (C=O) groups excluding carboxylic acids is 3. The van der Waals surface area contributed by atoms with Crippen LogP contribution in [0.5, 0.6) is 0 Å². The van der Waals surface area contributed by atoms with Gasteiger partial charge in [0.1, 0.15) is 11.9 Å². The Hall–Kier alpha value is -4.32. The normalized spacial score (nSPS) is 16.5. The zero-order chi connectivity index (χ0) is 26.0. The molecule has 1 aliphatic heterocycles. The highest BCUT2D eigenvalue weighted by atomic mass is 19.1. The molecule has 12 heteroatoms. The van der Waals surface area contributed by atoms with Crippen LogP contribution in [0.2, 0.25) is 0 Å². The maximum absolute atomic E-state index is 14.2. The molecule has 2 unspecified atom stereocenters. The number of nitrogens with zero attached hydrogens (tertiary/aromatic N) is 3. The lowest BCUT2D eigenvalue weighted by molar-refractivity contribution is -0.143. The molecule has 2 heterocycles. The first kappa shape index (κ1) is 24.8. The highest BCUT2D eigenvalue weighted by Gasteiger charge is 2.38. The van der Waals surface area contributed by atoms with Crippen molar-refractivity contribution in [3.63, 3.8) is 0 Å². The molecule has 1 aliphatic rings. The average Bonchev–Trinajstić information content (AvgIpc) is 3.30. The minimum atomic E-state index is -1.07. The summed E-state index contributed by atoms with van der Waals surface area (Å²) in [5, 5.41) is 6.34. The van der Waals surface area contributed by atoms with Crippen LogP contribution in [-0.2, 0) is 14.3 Å². The number of morpholine rings is 1. The topological polar surface area (TPSA) is 138 Å². The smallest absolute Gasteiger partial charge is 0.366 e. The van der Waals surface area contributed by atoms with E-state index in [-0.39, 0.29) is 24.5 Å². The molecule has 2 N–H and O–H groups in total. The fourth-order valence-corrected chi connectivity index (χ4v) is 3.77. The van der Waals surface area contributed by atoms with Crippen molar-refractivity contribution < 1.29 is 28.0 Å². The van der Waals surface area contributed by atoms with E-state index in [1.807, 2.05) is 0 Å². The predicted octanol–water partition coefficient (Wildman–Crippen LogP) is 1.88.